The number of primary amides is 1. The Balaban J connectivity index is 1.19. The van der Waals surface area contributed by atoms with Gasteiger partial charge < -0.3 is 20.4 Å². The van der Waals surface area contributed by atoms with Gasteiger partial charge in [-0.2, -0.15) is 0 Å². The van der Waals surface area contributed by atoms with Crippen LogP contribution in [-0.2, 0) is 18.3 Å². The van der Waals surface area contributed by atoms with E-state index < -0.39 is 0 Å². The lowest BCUT2D eigenvalue weighted by atomic mass is 9.74. The zero-order valence-corrected chi connectivity index (χ0v) is 21.9. The van der Waals surface area contributed by atoms with Crippen molar-refractivity contribution >= 4 is 17.5 Å². The van der Waals surface area contributed by atoms with Gasteiger partial charge >= 0.3 is 0 Å². The molecule has 0 radical (unpaired) electrons. The molecule has 2 fully saturated rings. The van der Waals surface area contributed by atoms with Gasteiger partial charge in [-0.15, -0.1) is 0 Å². The summed E-state index contributed by atoms with van der Waals surface area (Å²) in [5.74, 6) is 0.359. The first kappa shape index (κ1) is 24.5. The highest BCUT2D eigenvalue weighted by atomic mass is 16.1. The van der Waals surface area contributed by atoms with Crippen molar-refractivity contribution in [3.63, 3.8) is 0 Å². The number of aromatic amines is 1. The van der Waals surface area contributed by atoms with Crippen LogP contribution in [-0.4, -0.2) is 66.6 Å². The summed E-state index contributed by atoms with van der Waals surface area (Å²) >= 11 is 0. The predicted molar refractivity (Wildman–Crippen MR) is 147 cm³/mol. The van der Waals surface area contributed by atoms with Gasteiger partial charge in [-0.1, -0.05) is 6.42 Å². The predicted octanol–water partition coefficient (Wildman–Crippen LogP) is 2.98. The van der Waals surface area contributed by atoms with Crippen molar-refractivity contribution in [1.29, 1.82) is 0 Å². The van der Waals surface area contributed by atoms with Crippen LogP contribution in [0.1, 0.15) is 78.5 Å². The van der Waals surface area contributed by atoms with Crippen molar-refractivity contribution in [3.8, 4) is 0 Å². The first-order valence-electron chi connectivity index (χ1n) is 14.3. The Kier molecular flexibility index (Phi) is 6.69. The second-order valence-corrected chi connectivity index (χ2v) is 11.6. The van der Waals surface area contributed by atoms with Gasteiger partial charge in [0.1, 0.15) is 0 Å². The van der Waals surface area contributed by atoms with Gasteiger partial charge in [-0.05, 0) is 101 Å². The Bertz CT molecular complexity index is 1210. The number of nitrogens with zero attached hydrogens (tertiary/aromatic N) is 4. The van der Waals surface area contributed by atoms with E-state index in [0.717, 1.165) is 94.9 Å². The third-order valence-electron chi connectivity index (χ3n) is 9.24. The van der Waals surface area contributed by atoms with Crippen LogP contribution in [0.4, 0.5) is 11.6 Å². The number of carbonyl (C=O) groups excluding carboxylic acids is 1. The number of piperidine rings is 2. The van der Waals surface area contributed by atoms with E-state index in [-0.39, 0.29) is 16.9 Å². The van der Waals surface area contributed by atoms with Crippen LogP contribution < -0.4 is 21.1 Å². The maximum absolute atomic E-state index is 12.7. The summed E-state index contributed by atoms with van der Waals surface area (Å²) in [6.45, 7) is 7.31. The fourth-order valence-electron chi connectivity index (χ4n) is 7.11. The van der Waals surface area contributed by atoms with Crippen molar-refractivity contribution in [3.05, 3.63) is 50.9 Å². The minimum Gasteiger partial charge on any atom is -0.370 e. The number of aromatic nitrogens is 2. The molecule has 0 bridgehead atoms. The monoisotopic (exact) mass is 504 g/mol. The highest BCUT2D eigenvalue weighted by Crippen LogP contribution is 2.47. The normalized spacial score (nSPS) is 21.2. The number of anilines is 2. The van der Waals surface area contributed by atoms with Crippen LogP contribution >= 0.6 is 0 Å². The number of carbonyl (C=O) groups is 1. The number of benzene rings is 1. The molecule has 8 heteroatoms. The quantitative estimate of drug-likeness (QED) is 0.628. The fourth-order valence-corrected chi connectivity index (χ4v) is 7.11. The highest BCUT2D eigenvalue weighted by molar-refractivity contribution is 5.94. The number of H-pyrrole nitrogens is 1. The number of hydrogen-bond acceptors (Lipinski definition) is 6. The third-order valence-corrected chi connectivity index (χ3v) is 9.24. The molecule has 37 heavy (non-hydrogen) atoms. The van der Waals surface area contributed by atoms with Gasteiger partial charge in [0.2, 0.25) is 11.9 Å². The molecular formula is C29H40N6O2. The number of fused-ring (bicyclic) bond motifs is 3. The molecule has 6 rings (SSSR count). The molecule has 0 atom stereocenters. The number of aryl methyl sites for hydroxylation is 1. The van der Waals surface area contributed by atoms with Crippen molar-refractivity contribution in [2.45, 2.75) is 69.6 Å². The Morgan fingerprint density at radius 1 is 1.00 bits per heavy atom. The molecular weight excluding hydrogens is 464 g/mol. The molecule has 1 amide bonds. The first-order valence-corrected chi connectivity index (χ1v) is 14.3. The largest absolute Gasteiger partial charge is 0.370 e. The van der Waals surface area contributed by atoms with Crippen LogP contribution in [0.2, 0.25) is 0 Å². The lowest BCUT2D eigenvalue weighted by Crippen LogP contribution is -2.46. The van der Waals surface area contributed by atoms with E-state index in [4.69, 9.17) is 10.7 Å². The van der Waals surface area contributed by atoms with Gasteiger partial charge in [-0.25, -0.2) is 4.98 Å². The fraction of sp³-hybridized carbons (Fsp3) is 0.621. The molecule has 0 saturated carbocycles. The van der Waals surface area contributed by atoms with E-state index in [1.165, 1.54) is 43.6 Å². The Hall–Kier alpha value is -2.87. The van der Waals surface area contributed by atoms with Gasteiger partial charge in [0.15, 0.2) is 0 Å². The first-order chi connectivity index (χ1) is 18.0. The van der Waals surface area contributed by atoms with Crippen LogP contribution in [0, 0.1) is 0 Å². The Labute approximate surface area is 219 Å². The lowest BCUT2D eigenvalue weighted by molar-refractivity contribution is 0.1000. The summed E-state index contributed by atoms with van der Waals surface area (Å²) in [5.41, 5.74) is 10.7. The molecule has 2 saturated heterocycles. The number of nitrogens with two attached hydrogens (primary N) is 1. The minimum atomic E-state index is -0.366. The zero-order chi connectivity index (χ0) is 25.4. The van der Waals surface area contributed by atoms with Crippen molar-refractivity contribution in [1.82, 2.24) is 14.9 Å². The standard InChI is InChI=1S/C29H40N6O2/c30-26(36)21-9-10-25-23(19-21)29(20-35(25)16-6-15-33-13-4-1-5-14-33)11-17-34(18-12-29)28-31-24-8-3-2-7-22(24)27(37)32-28/h9-10,19H,1-8,11-18,20H2,(H2,30,36)(H,31,32,37). The van der Waals surface area contributed by atoms with E-state index in [2.05, 4.69) is 31.8 Å². The van der Waals surface area contributed by atoms with Crippen molar-refractivity contribution in [2.75, 3.05) is 55.6 Å². The summed E-state index contributed by atoms with van der Waals surface area (Å²) < 4.78 is 0. The second kappa shape index (κ2) is 10.1. The molecule has 1 aliphatic carbocycles. The van der Waals surface area contributed by atoms with Crippen molar-refractivity contribution in [2.24, 2.45) is 5.73 Å². The molecule has 1 aromatic heterocycles. The maximum atomic E-state index is 12.7. The van der Waals surface area contributed by atoms with Gasteiger partial charge in [0.25, 0.3) is 5.56 Å². The highest BCUT2D eigenvalue weighted by Gasteiger charge is 2.45. The average molecular weight is 505 g/mol. The smallest absolute Gasteiger partial charge is 0.255 e. The third kappa shape index (κ3) is 4.76. The second-order valence-electron chi connectivity index (χ2n) is 11.6. The molecule has 1 aromatic carbocycles. The Morgan fingerprint density at radius 3 is 2.57 bits per heavy atom. The molecule has 3 N–H and O–H groups in total. The number of nitrogens with one attached hydrogen (secondary N) is 1. The van der Waals surface area contributed by atoms with E-state index in [0.29, 0.717) is 5.56 Å². The summed E-state index contributed by atoms with van der Waals surface area (Å²) in [6, 6.07) is 6.05. The van der Waals surface area contributed by atoms with E-state index >= 15 is 0 Å². The molecule has 8 nitrogen and oxygen atoms in total. The molecule has 2 aromatic rings. The number of rotatable bonds is 6. The van der Waals surface area contributed by atoms with E-state index in [1.54, 1.807) is 0 Å². The zero-order valence-electron chi connectivity index (χ0n) is 21.9. The van der Waals surface area contributed by atoms with Crippen LogP contribution in [0.5, 0.6) is 0 Å². The number of likely N-dealkylation sites (tertiary alicyclic amines) is 1. The molecule has 4 heterocycles. The molecule has 4 aliphatic rings. The van der Waals surface area contributed by atoms with Gasteiger partial charge in [0.05, 0.1) is 5.69 Å². The average Bonchev–Trinajstić information content (AvgIpc) is 3.22. The van der Waals surface area contributed by atoms with Gasteiger partial charge in [-0.3, -0.25) is 14.6 Å². The minimum absolute atomic E-state index is 0.00306. The van der Waals surface area contributed by atoms with Gasteiger partial charge in [0, 0.05) is 48.4 Å². The van der Waals surface area contributed by atoms with E-state index in [1.807, 2.05) is 6.07 Å². The molecule has 0 unspecified atom stereocenters. The van der Waals surface area contributed by atoms with Crippen LogP contribution in [0.25, 0.3) is 0 Å². The lowest BCUT2D eigenvalue weighted by Gasteiger charge is -2.40. The molecule has 1 spiro atoms. The van der Waals surface area contributed by atoms with Crippen LogP contribution in [0.3, 0.4) is 0 Å². The number of hydrogen-bond donors (Lipinski definition) is 2. The summed E-state index contributed by atoms with van der Waals surface area (Å²) in [5, 5.41) is 0. The summed E-state index contributed by atoms with van der Waals surface area (Å²) in [7, 11) is 0. The topological polar surface area (TPSA) is 98.6 Å². The Morgan fingerprint density at radius 2 is 1.78 bits per heavy atom. The number of amides is 1. The maximum Gasteiger partial charge on any atom is 0.255 e. The summed E-state index contributed by atoms with van der Waals surface area (Å²) in [4.78, 5) is 40.1. The molecule has 198 valence electrons. The summed E-state index contributed by atoms with van der Waals surface area (Å²) in [6.07, 6.45) is 11.0. The van der Waals surface area contributed by atoms with Crippen molar-refractivity contribution < 1.29 is 4.79 Å². The van der Waals surface area contributed by atoms with E-state index in [9.17, 15) is 9.59 Å². The van der Waals surface area contributed by atoms with Crippen LogP contribution in [0.15, 0.2) is 23.0 Å². The molecule has 3 aliphatic heterocycles. The SMILES string of the molecule is NC(=O)c1ccc2c(c1)C1(CCN(c3nc4c(c(=O)[nH]3)CCCC4)CC1)CN2CCCN1CCCCC1.